The summed E-state index contributed by atoms with van der Waals surface area (Å²) < 4.78 is 39.2. The summed E-state index contributed by atoms with van der Waals surface area (Å²) in [6, 6.07) is 2.91. The first-order valence-electron chi connectivity index (χ1n) is 7.17. The molecule has 1 atom stereocenters. The minimum absolute atomic E-state index is 0.0305. The Hall–Kier alpha value is -2.05. The number of hydrogen-bond donors (Lipinski definition) is 1. The zero-order valence-electron chi connectivity index (χ0n) is 11.7. The summed E-state index contributed by atoms with van der Waals surface area (Å²) in [7, 11) is 0. The molecule has 0 aliphatic carbocycles. The van der Waals surface area contributed by atoms with Crippen LogP contribution in [0.15, 0.2) is 18.2 Å². The van der Waals surface area contributed by atoms with Crippen LogP contribution in [-0.4, -0.2) is 29.3 Å². The summed E-state index contributed by atoms with van der Waals surface area (Å²) in [5.41, 5.74) is -0.779. The molecule has 1 saturated heterocycles. The van der Waals surface area contributed by atoms with Crippen LogP contribution in [0, 0.1) is 0 Å². The van der Waals surface area contributed by atoms with Crippen LogP contribution in [0.2, 0.25) is 0 Å². The molecule has 0 saturated carbocycles. The van der Waals surface area contributed by atoms with Gasteiger partial charge < -0.3 is 10.2 Å². The van der Waals surface area contributed by atoms with Crippen molar-refractivity contribution in [1.82, 2.24) is 10.2 Å². The molecule has 22 heavy (non-hydrogen) atoms. The lowest BCUT2D eigenvalue weighted by molar-refractivity contribution is -0.138. The molecule has 4 nitrogen and oxygen atoms in total. The van der Waals surface area contributed by atoms with Gasteiger partial charge in [0.2, 0.25) is 5.91 Å². The summed E-state index contributed by atoms with van der Waals surface area (Å²) in [5, 5.41) is 2.71. The van der Waals surface area contributed by atoms with Crippen molar-refractivity contribution in [2.24, 2.45) is 0 Å². The third kappa shape index (κ3) is 2.44. The number of nitrogens with one attached hydrogen (secondary N) is 1. The second-order valence-corrected chi connectivity index (χ2v) is 5.57. The summed E-state index contributed by atoms with van der Waals surface area (Å²) in [5.74, 6) is -0.782. The number of amides is 2. The normalized spacial score (nSPS) is 22.3. The van der Waals surface area contributed by atoms with E-state index in [1.54, 1.807) is 0 Å². The molecule has 7 heteroatoms. The molecule has 0 spiro atoms. The lowest BCUT2D eigenvalue weighted by Crippen LogP contribution is -2.45. The molecule has 2 aliphatic heterocycles. The van der Waals surface area contributed by atoms with Crippen LogP contribution in [-0.2, 0) is 17.5 Å². The van der Waals surface area contributed by atoms with Gasteiger partial charge >= 0.3 is 6.18 Å². The fraction of sp³-hybridized carbons (Fsp3) is 0.467. The average molecular weight is 312 g/mol. The molecule has 3 rings (SSSR count). The van der Waals surface area contributed by atoms with E-state index >= 15 is 0 Å². The van der Waals surface area contributed by atoms with Gasteiger partial charge in [0.25, 0.3) is 5.91 Å². The Balaban J connectivity index is 1.95. The molecule has 1 aromatic rings. The first kappa shape index (κ1) is 14.9. The van der Waals surface area contributed by atoms with E-state index in [0.717, 1.165) is 18.9 Å². The van der Waals surface area contributed by atoms with E-state index in [2.05, 4.69) is 5.32 Å². The Morgan fingerprint density at radius 2 is 1.95 bits per heavy atom. The highest BCUT2D eigenvalue weighted by atomic mass is 19.4. The first-order chi connectivity index (χ1) is 10.4. The van der Waals surface area contributed by atoms with Crippen molar-refractivity contribution in [1.29, 1.82) is 0 Å². The molecule has 1 N–H and O–H groups in total. The topological polar surface area (TPSA) is 49.4 Å². The van der Waals surface area contributed by atoms with Crippen LogP contribution in [0.5, 0.6) is 0 Å². The van der Waals surface area contributed by atoms with Crippen LogP contribution in [0.25, 0.3) is 0 Å². The number of halogens is 3. The van der Waals surface area contributed by atoms with Gasteiger partial charge in [-0.2, -0.15) is 13.2 Å². The van der Waals surface area contributed by atoms with Gasteiger partial charge in [0, 0.05) is 18.7 Å². The first-order valence-corrected chi connectivity index (χ1v) is 7.17. The van der Waals surface area contributed by atoms with E-state index in [0.29, 0.717) is 13.0 Å². The second kappa shape index (κ2) is 5.30. The highest BCUT2D eigenvalue weighted by molar-refractivity contribution is 6.01. The zero-order valence-corrected chi connectivity index (χ0v) is 11.7. The van der Waals surface area contributed by atoms with Gasteiger partial charge in [-0.3, -0.25) is 9.59 Å². The Bertz CT molecular complexity index is 628. The number of alkyl halides is 3. The van der Waals surface area contributed by atoms with Crippen LogP contribution in [0.1, 0.15) is 40.7 Å². The van der Waals surface area contributed by atoms with E-state index in [-0.39, 0.29) is 23.6 Å². The molecule has 2 heterocycles. The van der Waals surface area contributed by atoms with E-state index in [9.17, 15) is 22.8 Å². The van der Waals surface area contributed by atoms with Crippen molar-refractivity contribution in [2.45, 2.75) is 38.0 Å². The van der Waals surface area contributed by atoms with Gasteiger partial charge in [-0.1, -0.05) is 6.07 Å². The van der Waals surface area contributed by atoms with Gasteiger partial charge in [-0.05, 0) is 37.0 Å². The van der Waals surface area contributed by atoms with Crippen molar-refractivity contribution in [3.05, 3.63) is 34.9 Å². The number of hydrogen-bond acceptors (Lipinski definition) is 2. The van der Waals surface area contributed by atoms with Crippen molar-refractivity contribution < 1.29 is 22.8 Å². The highest BCUT2D eigenvalue weighted by Gasteiger charge is 2.42. The van der Waals surface area contributed by atoms with Gasteiger partial charge in [-0.15, -0.1) is 0 Å². The van der Waals surface area contributed by atoms with Gasteiger partial charge in [0.15, 0.2) is 0 Å². The maximum absolute atomic E-state index is 13.1. The molecule has 1 fully saturated rings. The van der Waals surface area contributed by atoms with Crippen molar-refractivity contribution in [3.63, 3.8) is 0 Å². The Morgan fingerprint density at radius 1 is 1.18 bits per heavy atom. The summed E-state index contributed by atoms with van der Waals surface area (Å²) in [6.07, 6.45) is -2.46. The Kier molecular flexibility index (Phi) is 3.58. The number of benzene rings is 1. The van der Waals surface area contributed by atoms with Crippen molar-refractivity contribution >= 4 is 11.8 Å². The molecular weight excluding hydrogens is 297 g/mol. The minimum atomic E-state index is -4.51. The third-order valence-corrected chi connectivity index (χ3v) is 4.18. The number of rotatable bonds is 1. The number of carbonyl (C=O) groups is 2. The van der Waals surface area contributed by atoms with Gasteiger partial charge in [-0.25, -0.2) is 0 Å². The largest absolute Gasteiger partial charge is 0.416 e. The molecule has 2 amide bonds. The Morgan fingerprint density at radius 3 is 2.68 bits per heavy atom. The quantitative estimate of drug-likeness (QED) is 0.865. The maximum atomic E-state index is 13.1. The molecule has 1 aromatic carbocycles. The fourth-order valence-electron chi connectivity index (χ4n) is 3.09. The summed E-state index contributed by atoms with van der Waals surface area (Å²) in [6.45, 7) is 0.375. The van der Waals surface area contributed by atoms with E-state index in [1.807, 2.05) is 0 Å². The zero-order chi connectivity index (χ0) is 15.9. The van der Waals surface area contributed by atoms with Gasteiger partial charge in [0.05, 0.1) is 5.56 Å². The lowest BCUT2D eigenvalue weighted by Gasteiger charge is -2.25. The maximum Gasteiger partial charge on any atom is 0.416 e. The second-order valence-electron chi connectivity index (χ2n) is 5.57. The minimum Gasteiger partial charge on any atom is -0.354 e. The Labute approximate surface area is 125 Å². The third-order valence-electron chi connectivity index (χ3n) is 4.18. The summed E-state index contributed by atoms with van der Waals surface area (Å²) >= 11 is 0. The molecule has 0 radical (unpaired) electrons. The van der Waals surface area contributed by atoms with E-state index in [4.69, 9.17) is 0 Å². The monoisotopic (exact) mass is 312 g/mol. The molecule has 2 aliphatic rings. The number of fused-ring (bicyclic) bond motifs is 1. The average Bonchev–Trinajstić information content (AvgIpc) is 2.64. The fourth-order valence-corrected chi connectivity index (χ4v) is 3.09. The van der Waals surface area contributed by atoms with E-state index in [1.165, 1.54) is 17.0 Å². The molecule has 1 unspecified atom stereocenters. The number of nitrogens with zero attached hydrogens (tertiary/aromatic N) is 1. The van der Waals surface area contributed by atoms with Crippen LogP contribution in [0.3, 0.4) is 0 Å². The van der Waals surface area contributed by atoms with Crippen molar-refractivity contribution in [3.8, 4) is 0 Å². The molecule has 0 bridgehead atoms. The van der Waals surface area contributed by atoms with Crippen LogP contribution < -0.4 is 5.32 Å². The van der Waals surface area contributed by atoms with Crippen LogP contribution >= 0.6 is 0 Å². The SMILES string of the molecule is O=C1NCCCCC1N1Cc2c(cccc2C(F)(F)F)C1=O. The standard InChI is InChI=1S/C15H15F3N2O2/c16-15(17,18)11-5-3-4-9-10(11)8-20(14(9)22)12-6-1-2-7-19-13(12)21/h3-5,12H,1-2,6-8H2,(H,19,21). The predicted molar refractivity (Wildman–Crippen MR) is 72.0 cm³/mol. The van der Waals surface area contributed by atoms with Crippen LogP contribution in [0.4, 0.5) is 13.2 Å². The molecular formula is C15H15F3N2O2. The van der Waals surface area contributed by atoms with Gasteiger partial charge in [0.1, 0.15) is 6.04 Å². The smallest absolute Gasteiger partial charge is 0.354 e. The van der Waals surface area contributed by atoms with E-state index < -0.39 is 23.7 Å². The summed E-state index contributed by atoms with van der Waals surface area (Å²) in [4.78, 5) is 25.7. The van der Waals surface area contributed by atoms with Crippen molar-refractivity contribution in [2.75, 3.05) is 6.54 Å². The molecule has 118 valence electrons. The highest BCUT2D eigenvalue weighted by Crippen LogP contribution is 2.38. The number of carbonyl (C=O) groups excluding carboxylic acids is 2. The lowest BCUT2D eigenvalue weighted by atomic mass is 10.0. The molecule has 0 aromatic heterocycles. The predicted octanol–water partition coefficient (Wildman–Crippen LogP) is 2.33.